The summed E-state index contributed by atoms with van der Waals surface area (Å²) in [6, 6.07) is 7.67. The Balaban J connectivity index is 2.07. The molecule has 0 N–H and O–H groups in total. The first kappa shape index (κ1) is 15.6. The summed E-state index contributed by atoms with van der Waals surface area (Å²) in [4.78, 5) is 14.4. The van der Waals surface area contributed by atoms with E-state index in [1.54, 1.807) is 7.11 Å². The zero-order valence-electron chi connectivity index (χ0n) is 13.7. The van der Waals surface area contributed by atoms with Crippen LogP contribution in [0.1, 0.15) is 28.7 Å². The van der Waals surface area contributed by atoms with Gasteiger partial charge >= 0.3 is 5.97 Å². The van der Waals surface area contributed by atoms with E-state index in [0.717, 1.165) is 48.7 Å². The number of aromatic nitrogens is 2. The molecule has 2 aromatic rings. The van der Waals surface area contributed by atoms with Crippen LogP contribution in [-0.4, -0.2) is 48.0 Å². The third kappa shape index (κ3) is 2.82. The van der Waals surface area contributed by atoms with Crippen LogP contribution in [0, 0.1) is 0 Å². The van der Waals surface area contributed by atoms with Crippen molar-refractivity contribution < 1.29 is 14.3 Å². The highest BCUT2D eigenvalue weighted by molar-refractivity contribution is 5.89. The summed E-state index contributed by atoms with van der Waals surface area (Å²) in [6.45, 7) is 4.77. The lowest BCUT2D eigenvalue weighted by molar-refractivity contribution is 0.0591. The topological polar surface area (TPSA) is 56.6 Å². The highest BCUT2D eigenvalue weighted by Gasteiger charge is 2.28. The first-order valence-corrected chi connectivity index (χ1v) is 7.73. The number of likely N-dealkylation sites (N-methyl/N-ethyl adjacent to an activating group) is 1. The second kappa shape index (κ2) is 6.42. The third-order valence-corrected chi connectivity index (χ3v) is 4.28. The summed E-state index contributed by atoms with van der Waals surface area (Å²) in [5.74, 6) is 0.409. The smallest absolute Gasteiger partial charge is 0.358 e. The molecule has 6 nitrogen and oxygen atoms in total. The van der Waals surface area contributed by atoms with Gasteiger partial charge in [0.05, 0.1) is 25.6 Å². The summed E-state index contributed by atoms with van der Waals surface area (Å²) in [7, 11) is 3.03. The zero-order chi connectivity index (χ0) is 16.4. The second-order valence-corrected chi connectivity index (χ2v) is 5.49. The van der Waals surface area contributed by atoms with E-state index in [4.69, 9.17) is 9.47 Å². The average molecular weight is 315 g/mol. The molecule has 6 heteroatoms. The SMILES string of the molecule is CCN1CCc2c(c(C(=O)OC)nn2-c2ccc(OC)cc2)C1. The van der Waals surface area contributed by atoms with Crippen molar-refractivity contribution in [2.45, 2.75) is 19.9 Å². The normalized spacial score (nSPS) is 14.4. The van der Waals surface area contributed by atoms with Crippen LogP contribution >= 0.6 is 0 Å². The van der Waals surface area contributed by atoms with Crippen molar-refractivity contribution in [3.05, 3.63) is 41.2 Å². The first-order chi connectivity index (χ1) is 11.2. The lowest BCUT2D eigenvalue weighted by Gasteiger charge is -2.26. The standard InChI is InChI=1S/C17H21N3O3/c1-4-19-10-9-15-14(11-19)16(17(21)23-3)18-20(15)12-5-7-13(22-2)8-6-12/h5-8H,4,9-11H2,1-3H3. The van der Waals surface area contributed by atoms with E-state index in [2.05, 4.69) is 16.9 Å². The van der Waals surface area contributed by atoms with Crippen LogP contribution < -0.4 is 4.74 Å². The van der Waals surface area contributed by atoms with E-state index < -0.39 is 0 Å². The van der Waals surface area contributed by atoms with Gasteiger partial charge < -0.3 is 9.47 Å². The number of esters is 1. The molecule has 0 bridgehead atoms. The minimum Gasteiger partial charge on any atom is -0.497 e. The quantitative estimate of drug-likeness (QED) is 0.808. The molecule has 0 spiro atoms. The molecule has 1 aromatic heterocycles. The van der Waals surface area contributed by atoms with Crippen molar-refractivity contribution in [3.8, 4) is 11.4 Å². The van der Waals surface area contributed by atoms with Gasteiger partial charge in [-0.25, -0.2) is 9.48 Å². The van der Waals surface area contributed by atoms with Gasteiger partial charge in [-0.15, -0.1) is 0 Å². The third-order valence-electron chi connectivity index (χ3n) is 4.28. The molecular weight excluding hydrogens is 294 g/mol. The van der Waals surface area contributed by atoms with Crippen LogP contribution in [0.2, 0.25) is 0 Å². The Morgan fingerprint density at radius 2 is 2.00 bits per heavy atom. The molecule has 1 aliphatic rings. The molecule has 3 rings (SSSR count). The van der Waals surface area contributed by atoms with Crippen molar-refractivity contribution in [1.29, 1.82) is 0 Å². The Bertz CT molecular complexity index is 707. The van der Waals surface area contributed by atoms with Gasteiger partial charge in [-0.05, 0) is 30.8 Å². The number of hydrogen-bond donors (Lipinski definition) is 0. The maximum Gasteiger partial charge on any atom is 0.358 e. The van der Waals surface area contributed by atoms with Crippen LogP contribution in [0.25, 0.3) is 5.69 Å². The van der Waals surface area contributed by atoms with Crippen LogP contribution in [-0.2, 0) is 17.7 Å². The monoisotopic (exact) mass is 315 g/mol. The maximum absolute atomic E-state index is 12.1. The molecular formula is C17H21N3O3. The van der Waals surface area contributed by atoms with Crippen molar-refractivity contribution in [2.24, 2.45) is 0 Å². The maximum atomic E-state index is 12.1. The number of hydrogen-bond acceptors (Lipinski definition) is 5. The highest BCUT2D eigenvalue weighted by atomic mass is 16.5. The Morgan fingerprint density at radius 1 is 1.26 bits per heavy atom. The lowest BCUT2D eigenvalue weighted by atomic mass is 10.0. The number of fused-ring (bicyclic) bond motifs is 1. The number of carbonyl (C=O) groups excluding carboxylic acids is 1. The van der Waals surface area contributed by atoms with Crippen molar-refractivity contribution in [1.82, 2.24) is 14.7 Å². The van der Waals surface area contributed by atoms with Gasteiger partial charge in [0.2, 0.25) is 0 Å². The van der Waals surface area contributed by atoms with E-state index in [0.29, 0.717) is 5.69 Å². The van der Waals surface area contributed by atoms with Crippen molar-refractivity contribution in [3.63, 3.8) is 0 Å². The zero-order valence-corrected chi connectivity index (χ0v) is 13.7. The minimum atomic E-state index is -0.383. The number of carbonyl (C=O) groups is 1. The van der Waals surface area contributed by atoms with Gasteiger partial charge in [-0.3, -0.25) is 4.90 Å². The van der Waals surface area contributed by atoms with Crippen molar-refractivity contribution >= 4 is 5.97 Å². The molecule has 0 unspecified atom stereocenters. The predicted molar refractivity (Wildman–Crippen MR) is 86.1 cm³/mol. The molecule has 1 aromatic carbocycles. The fourth-order valence-corrected chi connectivity index (χ4v) is 2.94. The summed E-state index contributed by atoms with van der Waals surface area (Å²) in [6.07, 6.45) is 0.860. The number of rotatable bonds is 4. The van der Waals surface area contributed by atoms with E-state index in [9.17, 15) is 4.79 Å². The summed E-state index contributed by atoms with van der Waals surface area (Å²) >= 11 is 0. The number of benzene rings is 1. The van der Waals surface area contributed by atoms with Gasteiger partial charge in [-0.2, -0.15) is 5.10 Å². The molecule has 23 heavy (non-hydrogen) atoms. The van der Waals surface area contributed by atoms with Gasteiger partial charge in [0.1, 0.15) is 5.75 Å². The molecule has 0 atom stereocenters. The van der Waals surface area contributed by atoms with Gasteiger partial charge in [0, 0.05) is 25.1 Å². The molecule has 0 saturated heterocycles. The fraction of sp³-hybridized carbons (Fsp3) is 0.412. The molecule has 122 valence electrons. The minimum absolute atomic E-state index is 0.383. The molecule has 2 heterocycles. The number of ether oxygens (including phenoxy) is 2. The van der Waals surface area contributed by atoms with Crippen LogP contribution in [0.5, 0.6) is 5.75 Å². The summed E-state index contributed by atoms with van der Waals surface area (Å²) < 4.78 is 12.0. The van der Waals surface area contributed by atoms with E-state index >= 15 is 0 Å². The molecule has 0 radical (unpaired) electrons. The van der Waals surface area contributed by atoms with Crippen molar-refractivity contribution in [2.75, 3.05) is 27.3 Å². The highest BCUT2D eigenvalue weighted by Crippen LogP contribution is 2.26. The van der Waals surface area contributed by atoms with Crippen LogP contribution in [0.3, 0.4) is 0 Å². The fourth-order valence-electron chi connectivity index (χ4n) is 2.94. The van der Waals surface area contributed by atoms with Gasteiger partial charge in [-0.1, -0.05) is 6.92 Å². The Labute approximate surface area is 135 Å². The Morgan fingerprint density at radius 3 is 2.61 bits per heavy atom. The predicted octanol–water partition coefficient (Wildman–Crippen LogP) is 2.05. The molecule has 1 aliphatic heterocycles. The second-order valence-electron chi connectivity index (χ2n) is 5.49. The number of nitrogens with zero attached hydrogens (tertiary/aromatic N) is 3. The van der Waals surface area contributed by atoms with Crippen LogP contribution in [0.4, 0.5) is 0 Å². The largest absolute Gasteiger partial charge is 0.497 e. The molecule has 0 aliphatic carbocycles. The molecule has 0 saturated carbocycles. The number of methoxy groups -OCH3 is 2. The van der Waals surface area contributed by atoms with Gasteiger partial charge in [0.15, 0.2) is 5.69 Å². The average Bonchev–Trinajstić information content (AvgIpc) is 2.99. The lowest BCUT2D eigenvalue weighted by Crippen LogP contribution is -2.31. The van der Waals surface area contributed by atoms with Gasteiger partial charge in [0.25, 0.3) is 0 Å². The van der Waals surface area contributed by atoms with E-state index in [-0.39, 0.29) is 5.97 Å². The van der Waals surface area contributed by atoms with E-state index in [1.165, 1.54) is 7.11 Å². The molecule has 0 fully saturated rings. The Hall–Kier alpha value is -2.34. The molecule has 0 amide bonds. The first-order valence-electron chi connectivity index (χ1n) is 7.73. The summed E-state index contributed by atoms with van der Waals surface area (Å²) in [5.41, 5.74) is 3.39. The van der Waals surface area contributed by atoms with E-state index in [1.807, 2.05) is 28.9 Å². The summed E-state index contributed by atoms with van der Waals surface area (Å²) in [5, 5.41) is 4.53. The Kier molecular flexibility index (Phi) is 4.34. The van der Waals surface area contributed by atoms with Crippen LogP contribution in [0.15, 0.2) is 24.3 Å².